The van der Waals surface area contributed by atoms with Crippen LogP contribution in [0.1, 0.15) is 26.7 Å². The SMILES string of the molecule is CCOCCC(=O)N1CC(C)CC(C(=O)O)C1. The number of likely N-dealkylation sites (tertiary alicyclic amines) is 1. The summed E-state index contributed by atoms with van der Waals surface area (Å²) < 4.78 is 5.13. The summed E-state index contributed by atoms with van der Waals surface area (Å²) in [6.07, 6.45) is 0.997. The van der Waals surface area contributed by atoms with E-state index in [4.69, 9.17) is 9.84 Å². The molecular formula is C12H21NO4. The van der Waals surface area contributed by atoms with Gasteiger partial charge in [-0.1, -0.05) is 6.92 Å². The molecule has 1 rings (SSSR count). The summed E-state index contributed by atoms with van der Waals surface area (Å²) >= 11 is 0. The van der Waals surface area contributed by atoms with Crippen LogP contribution in [0.2, 0.25) is 0 Å². The van der Waals surface area contributed by atoms with Crippen LogP contribution < -0.4 is 0 Å². The Morgan fingerprint density at radius 2 is 2.12 bits per heavy atom. The predicted molar refractivity (Wildman–Crippen MR) is 62.6 cm³/mol. The Kier molecular flexibility index (Phi) is 5.41. The highest BCUT2D eigenvalue weighted by molar-refractivity contribution is 5.78. The maximum atomic E-state index is 11.8. The predicted octanol–water partition coefficient (Wildman–Crippen LogP) is 0.982. The number of hydrogen-bond acceptors (Lipinski definition) is 3. The fourth-order valence-electron chi connectivity index (χ4n) is 2.20. The number of nitrogens with zero attached hydrogens (tertiary/aromatic N) is 1. The number of piperidine rings is 1. The van der Waals surface area contributed by atoms with E-state index in [2.05, 4.69) is 0 Å². The Morgan fingerprint density at radius 3 is 2.71 bits per heavy atom. The largest absolute Gasteiger partial charge is 0.481 e. The number of amides is 1. The molecule has 0 aromatic heterocycles. The van der Waals surface area contributed by atoms with Crippen molar-refractivity contribution in [2.75, 3.05) is 26.3 Å². The first-order valence-electron chi connectivity index (χ1n) is 6.12. The minimum Gasteiger partial charge on any atom is -0.481 e. The molecule has 17 heavy (non-hydrogen) atoms. The number of ether oxygens (including phenoxy) is 1. The van der Waals surface area contributed by atoms with Crippen molar-refractivity contribution in [2.45, 2.75) is 26.7 Å². The van der Waals surface area contributed by atoms with E-state index in [0.717, 1.165) is 0 Å². The van der Waals surface area contributed by atoms with Gasteiger partial charge in [-0.3, -0.25) is 9.59 Å². The molecule has 2 unspecified atom stereocenters. The Morgan fingerprint density at radius 1 is 1.41 bits per heavy atom. The van der Waals surface area contributed by atoms with Gasteiger partial charge < -0.3 is 14.7 Å². The highest BCUT2D eigenvalue weighted by Gasteiger charge is 2.31. The van der Waals surface area contributed by atoms with Crippen LogP contribution in [-0.4, -0.2) is 48.2 Å². The second-order valence-electron chi connectivity index (χ2n) is 4.62. The van der Waals surface area contributed by atoms with Crippen molar-refractivity contribution in [1.29, 1.82) is 0 Å². The molecule has 0 bridgehead atoms. The molecule has 0 radical (unpaired) electrons. The number of carboxylic acid groups (broad SMARTS) is 1. The molecule has 5 nitrogen and oxygen atoms in total. The van der Waals surface area contributed by atoms with E-state index >= 15 is 0 Å². The first kappa shape index (κ1) is 14.0. The Bertz CT molecular complexity index is 280. The van der Waals surface area contributed by atoms with Crippen molar-refractivity contribution in [1.82, 2.24) is 4.90 Å². The summed E-state index contributed by atoms with van der Waals surface area (Å²) in [7, 11) is 0. The van der Waals surface area contributed by atoms with Crippen LogP contribution in [0.4, 0.5) is 0 Å². The molecule has 1 heterocycles. The monoisotopic (exact) mass is 243 g/mol. The lowest BCUT2D eigenvalue weighted by Crippen LogP contribution is -2.45. The van der Waals surface area contributed by atoms with Crippen molar-refractivity contribution in [3.63, 3.8) is 0 Å². The van der Waals surface area contributed by atoms with E-state index in [1.54, 1.807) is 4.90 Å². The third-order valence-corrected chi connectivity index (χ3v) is 3.03. The van der Waals surface area contributed by atoms with Gasteiger partial charge in [0.2, 0.25) is 5.91 Å². The first-order chi connectivity index (χ1) is 8.04. The number of rotatable bonds is 5. The standard InChI is InChI=1S/C12H21NO4/c1-3-17-5-4-11(14)13-7-9(2)6-10(8-13)12(15)16/h9-10H,3-8H2,1-2H3,(H,15,16). The zero-order valence-electron chi connectivity index (χ0n) is 10.5. The molecule has 0 saturated carbocycles. The average molecular weight is 243 g/mol. The number of carbonyl (C=O) groups is 2. The molecule has 5 heteroatoms. The zero-order chi connectivity index (χ0) is 12.8. The fourth-order valence-corrected chi connectivity index (χ4v) is 2.20. The molecule has 0 aromatic rings. The van der Waals surface area contributed by atoms with Crippen LogP contribution in [0.25, 0.3) is 0 Å². The Hall–Kier alpha value is -1.10. The molecule has 0 aliphatic carbocycles. The molecule has 1 aliphatic heterocycles. The lowest BCUT2D eigenvalue weighted by Gasteiger charge is -2.34. The van der Waals surface area contributed by atoms with Gasteiger partial charge in [-0.2, -0.15) is 0 Å². The van der Waals surface area contributed by atoms with Crippen molar-refractivity contribution in [3.05, 3.63) is 0 Å². The molecule has 1 amide bonds. The molecule has 0 aromatic carbocycles. The number of carboxylic acids is 1. The van der Waals surface area contributed by atoms with Gasteiger partial charge in [0, 0.05) is 19.7 Å². The van der Waals surface area contributed by atoms with E-state index in [-0.39, 0.29) is 11.8 Å². The third kappa shape index (κ3) is 4.34. The van der Waals surface area contributed by atoms with Crippen molar-refractivity contribution >= 4 is 11.9 Å². The van der Waals surface area contributed by atoms with Crippen molar-refractivity contribution in [2.24, 2.45) is 11.8 Å². The second kappa shape index (κ2) is 6.59. The van der Waals surface area contributed by atoms with Gasteiger partial charge in [0.25, 0.3) is 0 Å². The normalized spacial score (nSPS) is 24.7. The van der Waals surface area contributed by atoms with Gasteiger partial charge in [-0.05, 0) is 19.3 Å². The molecule has 1 aliphatic rings. The summed E-state index contributed by atoms with van der Waals surface area (Å²) in [6.45, 7) is 5.88. The van der Waals surface area contributed by atoms with Gasteiger partial charge in [-0.25, -0.2) is 0 Å². The maximum Gasteiger partial charge on any atom is 0.308 e. The van der Waals surface area contributed by atoms with Crippen molar-refractivity contribution < 1.29 is 19.4 Å². The fraction of sp³-hybridized carbons (Fsp3) is 0.833. The molecule has 1 saturated heterocycles. The van der Waals surface area contributed by atoms with Crippen LogP contribution in [0.3, 0.4) is 0 Å². The number of carbonyl (C=O) groups excluding carboxylic acids is 1. The third-order valence-electron chi connectivity index (χ3n) is 3.03. The molecule has 0 spiro atoms. The highest BCUT2D eigenvalue weighted by Crippen LogP contribution is 2.22. The summed E-state index contributed by atoms with van der Waals surface area (Å²) in [5, 5.41) is 9.01. The van der Waals surface area contributed by atoms with E-state index in [9.17, 15) is 9.59 Å². The molecule has 98 valence electrons. The van der Waals surface area contributed by atoms with Crippen molar-refractivity contribution in [3.8, 4) is 0 Å². The van der Waals surface area contributed by atoms with Gasteiger partial charge in [0.05, 0.1) is 18.9 Å². The lowest BCUT2D eigenvalue weighted by molar-refractivity contribution is -0.147. The van der Waals surface area contributed by atoms with E-state index in [1.165, 1.54) is 0 Å². The van der Waals surface area contributed by atoms with E-state index in [1.807, 2.05) is 13.8 Å². The van der Waals surface area contributed by atoms with E-state index in [0.29, 0.717) is 39.1 Å². The van der Waals surface area contributed by atoms with Crippen LogP contribution in [-0.2, 0) is 14.3 Å². The maximum absolute atomic E-state index is 11.8. The van der Waals surface area contributed by atoms with Crippen LogP contribution in [0.5, 0.6) is 0 Å². The molecule has 1 fully saturated rings. The van der Waals surface area contributed by atoms with Gasteiger partial charge in [0.1, 0.15) is 0 Å². The van der Waals surface area contributed by atoms with E-state index < -0.39 is 11.9 Å². The summed E-state index contributed by atoms with van der Waals surface area (Å²) in [5.74, 6) is -0.980. The summed E-state index contributed by atoms with van der Waals surface area (Å²) in [5.41, 5.74) is 0. The summed E-state index contributed by atoms with van der Waals surface area (Å²) in [4.78, 5) is 24.5. The van der Waals surface area contributed by atoms with Crippen LogP contribution >= 0.6 is 0 Å². The number of aliphatic carboxylic acids is 1. The second-order valence-corrected chi connectivity index (χ2v) is 4.62. The van der Waals surface area contributed by atoms with Gasteiger partial charge >= 0.3 is 5.97 Å². The smallest absolute Gasteiger partial charge is 0.308 e. The summed E-state index contributed by atoms with van der Waals surface area (Å²) in [6, 6.07) is 0. The molecular weight excluding hydrogens is 222 g/mol. The quantitative estimate of drug-likeness (QED) is 0.731. The number of hydrogen-bond donors (Lipinski definition) is 1. The highest BCUT2D eigenvalue weighted by atomic mass is 16.5. The van der Waals surface area contributed by atoms with Gasteiger partial charge in [-0.15, -0.1) is 0 Å². The lowest BCUT2D eigenvalue weighted by atomic mass is 9.90. The minimum atomic E-state index is -0.806. The molecule has 2 atom stereocenters. The van der Waals surface area contributed by atoms with Crippen LogP contribution in [0, 0.1) is 11.8 Å². The topological polar surface area (TPSA) is 66.8 Å². The first-order valence-corrected chi connectivity index (χ1v) is 6.12. The average Bonchev–Trinajstić information content (AvgIpc) is 2.28. The minimum absolute atomic E-state index is 0.00347. The van der Waals surface area contributed by atoms with Gasteiger partial charge in [0.15, 0.2) is 0 Å². The molecule has 1 N–H and O–H groups in total. The van der Waals surface area contributed by atoms with Crippen LogP contribution in [0.15, 0.2) is 0 Å². The zero-order valence-corrected chi connectivity index (χ0v) is 10.5. The Balaban J connectivity index is 2.46. The Labute approximate surface area is 102 Å².